The standard InChI is InChI=1S/C23H18FN5O4/c24-14-2-1-3-15-16(14)22(32)28-21(27-15)23(33)26-9-11-4-5-12-6-7-29(10-13(12)8-11)18-17(25)19(30)20(18)31/h1-5,8H,6-7,9-10,25H2,(H,26,33)(H,27,28,32). The number of aromatic nitrogens is 2. The Morgan fingerprint density at radius 2 is 1.97 bits per heavy atom. The van der Waals surface area contributed by atoms with E-state index in [1.165, 1.54) is 12.1 Å². The van der Waals surface area contributed by atoms with E-state index < -0.39 is 28.1 Å². The van der Waals surface area contributed by atoms with E-state index in [4.69, 9.17) is 5.73 Å². The molecule has 0 fully saturated rings. The van der Waals surface area contributed by atoms with Crippen LogP contribution in [0, 0.1) is 5.82 Å². The Morgan fingerprint density at radius 3 is 2.76 bits per heavy atom. The van der Waals surface area contributed by atoms with Crippen molar-refractivity contribution in [3.63, 3.8) is 0 Å². The van der Waals surface area contributed by atoms with Crippen LogP contribution in [-0.4, -0.2) is 22.4 Å². The van der Waals surface area contributed by atoms with Crippen molar-refractivity contribution in [1.29, 1.82) is 0 Å². The summed E-state index contributed by atoms with van der Waals surface area (Å²) in [7, 11) is 0. The minimum absolute atomic E-state index is 0.00336. The summed E-state index contributed by atoms with van der Waals surface area (Å²) in [5.41, 5.74) is 7.01. The maximum absolute atomic E-state index is 13.8. The van der Waals surface area contributed by atoms with Gasteiger partial charge in [-0.15, -0.1) is 0 Å². The lowest BCUT2D eigenvalue weighted by Crippen LogP contribution is -2.44. The van der Waals surface area contributed by atoms with Gasteiger partial charge in [-0.1, -0.05) is 24.3 Å². The molecular weight excluding hydrogens is 429 g/mol. The van der Waals surface area contributed by atoms with Crippen LogP contribution in [0.3, 0.4) is 0 Å². The molecule has 4 N–H and O–H groups in total. The maximum atomic E-state index is 13.8. The largest absolute Gasteiger partial charge is 0.394 e. The Labute approximate surface area is 185 Å². The van der Waals surface area contributed by atoms with Crippen LogP contribution in [0.2, 0.25) is 0 Å². The van der Waals surface area contributed by atoms with E-state index in [-0.39, 0.29) is 34.6 Å². The van der Waals surface area contributed by atoms with Crippen molar-refractivity contribution >= 4 is 28.2 Å². The number of hydrogen-bond donors (Lipinski definition) is 3. The highest BCUT2D eigenvalue weighted by Crippen LogP contribution is 2.26. The fourth-order valence-electron chi connectivity index (χ4n) is 4.15. The number of nitrogens with zero attached hydrogens (tertiary/aromatic N) is 2. The van der Waals surface area contributed by atoms with Crippen LogP contribution in [0.25, 0.3) is 10.9 Å². The number of amides is 1. The normalized spacial score (nSPS) is 13.3. The molecule has 5 rings (SSSR count). The highest BCUT2D eigenvalue weighted by molar-refractivity contribution is 5.92. The van der Waals surface area contributed by atoms with Gasteiger partial charge in [0, 0.05) is 19.6 Å². The lowest BCUT2D eigenvalue weighted by atomic mass is 9.96. The zero-order valence-corrected chi connectivity index (χ0v) is 17.3. The second kappa shape index (κ2) is 7.66. The highest BCUT2D eigenvalue weighted by Gasteiger charge is 2.26. The van der Waals surface area contributed by atoms with E-state index in [1.807, 2.05) is 18.2 Å². The number of anilines is 2. The Morgan fingerprint density at radius 1 is 1.15 bits per heavy atom. The van der Waals surface area contributed by atoms with Gasteiger partial charge in [0.05, 0.1) is 5.52 Å². The summed E-state index contributed by atoms with van der Waals surface area (Å²) in [5.74, 6) is -1.52. The molecule has 0 unspecified atom stereocenters. The molecule has 33 heavy (non-hydrogen) atoms. The third-order valence-corrected chi connectivity index (χ3v) is 5.87. The molecule has 1 aliphatic heterocycles. The highest BCUT2D eigenvalue weighted by atomic mass is 19.1. The lowest BCUT2D eigenvalue weighted by molar-refractivity contribution is 0.0940. The number of nitrogens with two attached hydrogens (primary N) is 1. The second-order valence-electron chi connectivity index (χ2n) is 7.93. The molecule has 0 saturated heterocycles. The number of benzene rings is 2. The fourth-order valence-corrected chi connectivity index (χ4v) is 4.15. The Balaban J connectivity index is 1.32. The Kier molecular flexibility index (Phi) is 4.77. The minimum Gasteiger partial charge on any atom is -0.394 e. The third-order valence-electron chi connectivity index (χ3n) is 5.87. The molecule has 4 aromatic rings. The monoisotopic (exact) mass is 447 g/mol. The summed E-state index contributed by atoms with van der Waals surface area (Å²) in [6.07, 6.45) is 0.693. The zero-order valence-electron chi connectivity index (χ0n) is 17.3. The van der Waals surface area contributed by atoms with Crippen molar-refractivity contribution in [2.45, 2.75) is 19.5 Å². The van der Waals surface area contributed by atoms with Crippen molar-refractivity contribution in [3.05, 3.63) is 95.5 Å². The van der Waals surface area contributed by atoms with Crippen LogP contribution in [0.5, 0.6) is 0 Å². The van der Waals surface area contributed by atoms with Crippen molar-refractivity contribution in [3.8, 4) is 0 Å². The first-order valence-electron chi connectivity index (χ1n) is 10.2. The van der Waals surface area contributed by atoms with Gasteiger partial charge < -0.3 is 20.9 Å². The first-order valence-corrected chi connectivity index (χ1v) is 10.2. The van der Waals surface area contributed by atoms with Gasteiger partial charge >= 0.3 is 0 Å². The van der Waals surface area contributed by atoms with Crippen molar-refractivity contribution in [2.24, 2.45) is 0 Å². The molecule has 2 heterocycles. The number of rotatable bonds is 4. The summed E-state index contributed by atoms with van der Waals surface area (Å²) in [6, 6.07) is 9.78. The SMILES string of the molecule is Nc1c(N2CCc3ccc(CNC(=O)c4nc5cccc(F)c5c(=O)[nH]4)cc3C2)c(=O)c1=O. The van der Waals surface area contributed by atoms with Gasteiger partial charge in [-0.3, -0.25) is 19.2 Å². The van der Waals surface area contributed by atoms with E-state index in [1.54, 1.807) is 4.90 Å². The van der Waals surface area contributed by atoms with Crippen LogP contribution < -0.4 is 32.4 Å². The van der Waals surface area contributed by atoms with Crippen LogP contribution in [0.15, 0.2) is 50.8 Å². The lowest BCUT2D eigenvalue weighted by Gasteiger charge is -2.32. The van der Waals surface area contributed by atoms with Crippen molar-refractivity contribution in [1.82, 2.24) is 15.3 Å². The topological polar surface area (TPSA) is 138 Å². The Hall–Kier alpha value is -4.34. The van der Waals surface area contributed by atoms with Crippen LogP contribution in [0.1, 0.15) is 27.3 Å². The molecule has 9 nitrogen and oxygen atoms in total. The smallest absolute Gasteiger partial charge is 0.287 e. The van der Waals surface area contributed by atoms with Crippen LogP contribution in [-0.2, 0) is 19.5 Å². The van der Waals surface area contributed by atoms with Crippen molar-refractivity contribution in [2.75, 3.05) is 17.2 Å². The average molecular weight is 447 g/mol. The molecule has 1 aliphatic rings. The number of nitrogen functional groups attached to an aromatic ring is 1. The molecule has 0 aliphatic carbocycles. The summed E-state index contributed by atoms with van der Waals surface area (Å²) < 4.78 is 13.8. The quantitative estimate of drug-likeness (QED) is 0.392. The first kappa shape index (κ1) is 20.6. The van der Waals surface area contributed by atoms with Gasteiger partial charge in [-0.25, -0.2) is 9.37 Å². The van der Waals surface area contributed by atoms with Gasteiger partial charge in [-0.2, -0.15) is 0 Å². The van der Waals surface area contributed by atoms with E-state index in [9.17, 15) is 23.6 Å². The molecule has 3 aromatic carbocycles. The number of H-pyrrole nitrogens is 1. The van der Waals surface area contributed by atoms with Gasteiger partial charge in [0.2, 0.25) is 0 Å². The van der Waals surface area contributed by atoms with E-state index in [2.05, 4.69) is 15.3 Å². The van der Waals surface area contributed by atoms with E-state index >= 15 is 0 Å². The third kappa shape index (κ3) is 3.45. The fraction of sp³-hybridized carbons (Fsp3) is 0.174. The van der Waals surface area contributed by atoms with Crippen LogP contribution >= 0.6 is 0 Å². The zero-order chi connectivity index (χ0) is 23.3. The average Bonchev–Trinajstić information content (AvgIpc) is 2.82. The van der Waals surface area contributed by atoms with Gasteiger partial charge in [0.25, 0.3) is 22.3 Å². The molecule has 1 amide bonds. The predicted octanol–water partition coefficient (Wildman–Crippen LogP) is 0.733. The molecule has 166 valence electrons. The molecule has 0 bridgehead atoms. The van der Waals surface area contributed by atoms with Gasteiger partial charge in [0.15, 0.2) is 5.82 Å². The number of hydrogen-bond acceptors (Lipinski definition) is 7. The molecule has 0 spiro atoms. The van der Waals surface area contributed by atoms with Gasteiger partial charge in [-0.05, 0) is 35.2 Å². The Bertz CT molecular complexity index is 1570. The number of fused-ring (bicyclic) bond motifs is 2. The molecule has 10 heteroatoms. The molecule has 0 atom stereocenters. The van der Waals surface area contributed by atoms with E-state index in [0.717, 1.165) is 22.8 Å². The summed E-state index contributed by atoms with van der Waals surface area (Å²) in [6.45, 7) is 1.18. The minimum atomic E-state index is -0.727. The second-order valence-corrected chi connectivity index (χ2v) is 7.93. The number of nitrogens with one attached hydrogen (secondary N) is 2. The number of carbonyl (C=O) groups excluding carboxylic acids is 1. The van der Waals surface area contributed by atoms with E-state index in [0.29, 0.717) is 19.5 Å². The molecular formula is C23H18FN5O4. The van der Waals surface area contributed by atoms with Gasteiger partial charge in [0.1, 0.15) is 22.6 Å². The number of carbonyl (C=O) groups is 1. The summed E-state index contributed by atoms with van der Waals surface area (Å²) >= 11 is 0. The summed E-state index contributed by atoms with van der Waals surface area (Å²) in [4.78, 5) is 56.2. The maximum Gasteiger partial charge on any atom is 0.287 e. The van der Waals surface area contributed by atoms with Crippen molar-refractivity contribution < 1.29 is 9.18 Å². The molecule has 0 saturated carbocycles. The molecule has 1 aromatic heterocycles. The van der Waals surface area contributed by atoms with Crippen LogP contribution in [0.4, 0.5) is 15.8 Å². The number of halogens is 1. The predicted molar refractivity (Wildman–Crippen MR) is 120 cm³/mol. The molecule has 0 radical (unpaired) electrons. The number of aromatic amines is 1. The first-order chi connectivity index (χ1) is 15.8. The summed E-state index contributed by atoms with van der Waals surface area (Å²) in [5, 5.41) is 2.50.